The first-order chi connectivity index (χ1) is 10.9. The van der Waals surface area contributed by atoms with Crippen LogP contribution in [0.15, 0.2) is 12.1 Å². The van der Waals surface area contributed by atoms with Gasteiger partial charge in [-0.1, -0.05) is 12.1 Å². The van der Waals surface area contributed by atoms with Gasteiger partial charge in [0, 0.05) is 13.1 Å². The Hall–Kier alpha value is -2.04. The molecule has 1 unspecified atom stereocenters. The maximum Gasteiger partial charge on any atom is 0.409 e. The Morgan fingerprint density at radius 2 is 1.91 bits per heavy atom. The number of nitrogens with zero attached hydrogens (tertiary/aromatic N) is 1. The van der Waals surface area contributed by atoms with Crippen molar-refractivity contribution in [1.29, 1.82) is 0 Å². The number of piperidine rings is 1. The average Bonchev–Trinajstić information content (AvgIpc) is 2.55. The fraction of sp³-hybridized carbons (Fsp3) is 0.556. The first-order valence-corrected chi connectivity index (χ1v) is 8.14. The second-order valence-corrected chi connectivity index (χ2v) is 6.06. The molecular formula is C18H25NO4. The third kappa shape index (κ3) is 4.03. The first kappa shape index (κ1) is 17.3. The largest absolute Gasteiger partial charge is 0.450 e. The third-order valence-electron chi connectivity index (χ3n) is 4.36. The molecule has 2 rings (SSSR count). The predicted molar refractivity (Wildman–Crippen MR) is 87.6 cm³/mol. The number of benzene rings is 1. The van der Waals surface area contributed by atoms with Crippen molar-refractivity contribution in [2.45, 2.75) is 40.5 Å². The van der Waals surface area contributed by atoms with Crippen LogP contribution in [0.5, 0.6) is 5.75 Å². The standard InChI is InChI=1S/C18H25NO4/c1-5-22-18(21)19-10-6-7-15(11-19)17(20)23-16-13(3)9-8-12(2)14(16)4/h8-9,15H,5-7,10-11H2,1-4H3. The lowest BCUT2D eigenvalue weighted by Gasteiger charge is -2.30. The van der Waals surface area contributed by atoms with Crippen molar-refractivity contribution >= 4 is 12.1 Å². The van der Waals surface area contributed by atoms with E-state index < -0.39 is 0 Å². The predicted octanol–water partition coefficient (Wildman–Crippen LogP) is 3.39. The monoisotopic (exact) mass is 319 g/mol. The summed E-state index contributed by atoms with van der Waals surface area (Å²) in [5.74, 6) is 0.0755. The first-order valence-electron chi connectivity index (χ1n) is 8.14. The lowest BCUT2D eigenvalue weighted by atomic mass is 9.98. The molecular weight excluding hydrogens is 294 g/mol. The summed E-state index contributed by atoms with van der Waals surface area (Å²) in [6.45, 7) is 8.99. The van der Waals surface area contributed by atoms with E-state index in [0.29, 0.717) is 25.4 Å². The van der Waals surface area contributed by atoms with Crippen molar-refractivity contribution < 1.29 is 19.1 Å². The molecule has 0 bridgehead atoms. The number of ether oxygens (including phenoxy) is 2. The highest BCUT2D eigenvalue weighted by Gasteiger charge is 2.31. The maximum absolute atomic E-state index is 12.5. The molecule has 1 aliphatic heterocycles. The van der Waals surface area contributed by atoms with Gasteiger partial charge in [-0.05, 0) is 57.2 Å². The highest BCUT2D eigenvalue weighted by Crippen LogP contribution is 2.28. The molecule has 1 aromatic carbocycles. The summed E-state index contributed by atoms with van der Waals surface area (Å²) in [7, 11) is 0. The number of carbonyl (C=O) groups is 2. The lowest BCUT2D eigenvalue weighted by Crippen LogP contribution is -2.43. The molecule has 1 saturated heterocycles. The fourth-order valence-electron chi connectivity index (χ4n) is 2.82. The quantitative estimate of drug-likeness (QED) is 0.633. The Morgan fingerprint density at radius 1 is 1.22 bits per heavy atom. The molecule has 0 saturated carbocycles. The zero-order valence-corrected chi connectivity index (χ0v) is 14.3. The van der Waals surface area contributed by atoms with Gasteiger partial charge in [-0.3, -0.25) is 4.79 Å². The highest BCUT2D eigenvalue weighted by molar-refractivity contribution is 5.77. The Kier molecular flexibility index (Phi) is 5.64. The van der Waals surface area contributed by atoms with E-state index in [9.17, 15) is 9.59 Å². The number of likely N-dealkylation sites (tertiary alicyclic amines) is 1. The van der Waals surface area contributed by atoms with Gasteiger partial charge in [-0.15, -0.1) is 0 Å². The van der Waals surface area contributed by atoms with Crippen LogP contribution in [0, 0.1) is 26.7 Å². The SMILES string of the molecule is CCOC(=O)N1CCCC(C(=O)Oc2c(C)ccc(C)c2C)C1. The zero-order chi connectivity index (χ0) is 17.0. The second-order valence-electron chi connectivity index (χ2n) is 6.06. The van der Waals surface area contributed by atoms with Gasteiger partial charge < -0.3 is 14.4 Å². The number of amides is 1. The van der Waals surface area contributed by atoms with Crippen LogP contribution in [-0.2, 0) is 9.53 Å². The molecule has 0 radical (unpaired) electrons. The van der Waals surface area contributed by atoms with Gasteiger partial charge in [0.05, 0.1) is 12.5 Å². The van der Waals surface area contributed by atoms with E-state index in [0.717, 1.165) is 29.5 Å². The second kappa shape index (κ2) is 7.49. The molecule has 1 atom stereocenters. The minimum atomic E-state index is -0.354. The molecule has 1 fully saturated rings. The van der Waals surface area contributed by atoms with Crippen molar-refractivity contribution in [2.75, 3.05) is 19.7 Å². The van der Waals surface area contributed by atoms with E-state index in [1.807, 2.05) is 32.9 Å². The van der Waals surface area contributed by atoms with Crippen LogP contribution in [0.2, 0.25) is 0 Å². The van der Waals surface area contributed by atoms with Crippen LogP contribution in [0.1, 0.15) is 36.5 Å². The molecule has 1 amide bonds. The van der Waals surface area contributed by atoms with Crippen LogP contribution in [-0.4, -0.2) is 36.7 Å². The lowest BCUT2D eigenvalue weighted by molar-refractivity contribution is -0.140. The molecule has 1 heterocycles. The molecule has 1 aromatic rings. The van der Waals surface area contributed by atoms with E-state index in [4.69, 9.17) is 9.47 Å². The molecule has 0 N–H and O–H groups in total. The maximum atomic E-state index is 12.5. The Bertz CT molecular complexity index is 597. The summed E-state index contributed by atoms with van der Waals surface area (Å²) < 4.78 is 10.7. The molecule has 0 aliphatic carbocycles. The number of esters is 1. The van der Waals surface area contributed by atoms with E-state index in [2.05, 4.69) is 0 Å². The Balaban J connectivity index is 2.06. The van der Waals surface area contributed by atoms with Crippen LogP contribution in [0.3, 0.4) is 0 Å². The van der Waals surface area contributed by atoms with Crippen LogP contribution in [0.4, 0.5) is 4.79 Å². The number of rotatable bonds is 3. The van der Waals surface area contributed by atoms with Gasteiger partial charge in [0.1, 0.15) is 5.75 Å². The fourth-order valence-corrected chi connectivity index (χ4v) is 2.82. The van der Waals surface area contributed by atoms with Crippen LogP contribution < -0.4 is 4.74 Å². The molecule has 126 valence electrons. The van der Waals surface area contributed by atoms with Gasteiger partial charge in [-0.2, -0.15) is 0 Å². The van der Waals surface area contributed by atoms with Crippen molar-refractivity contribution in [3.8, 4) is 5.75 Å². The number of carbonyl (C=O) groups excluding carboxylic acids is 2. The topological polar surface area (TPSA) is 55.8 Å². The van der Waals surface area contributed by atoms with Gasteiger partial charge in [0.25, 0.3) is 0 Å². The molecule has 0 spiro atoms. The highest BCUT2D eigenvalue weighted by atomic mass is 16.6. The number of hydrogen-bond acceptors (Lipinski definition) is 4. The summed E-state index contributed by atoms with van der Waals surface area (Å²) in [6, 6.07) is 3.97. The normalized spacial score (nSPS) is 17.7. The minimum absolute atomic E-state index is 0.268. The summed E-state index contributed by atoms with van der Waals surface area (Å²) in [5.41, 5.74) is 3.02. The molecule has 0 aromatic heterocycles. The Labute approximate surface area is 137 Å². The molecule has 5 heteroatoms. The van der Waals surface area contributed by atoms with Gasteiger partial charge >= 0.3 is 12.1 Å². The van der Waals surface area contributed by atoms with Crippen molar-refractivity contribution in [3.63, 3.8) is 0 Å². The van der Waals surface area contributed by atoms with E-state index >= 15 is 0 Å². The van der Waals surface area contributed by atoms with Crippen LogP contribution in [0.25, 0.3) is 0 Å². The van der Waals surface area contributed by atoms with Crippen molar-refractivity contribution in [2.24, 2.45) is 5.92 Å². The number of aryl methyl sites for hydroxylation is 2. The van der Waals surface area contributed by atoms with E-state index in [-0.39, 0.29) is 18.0 Å². The van der Waals surface area contributed by atoms with Gasteiger partial charge in [0.2, 0.25) is 0 Å². The molecule has 23 heavy (non-hydrogen) atoms. The molecule has 5 nitrogen and oxygen atoms in total. The summed E-state index contributed by atoms with van der Waals surface area (Å²) >= 11 is 0. The molecule has 1 aliphatic rings. The van der Waals surface area contributed by atoms with Crippen molar-refractivity contribution in [3.05, 3.63) is 28.8 Å². The summed E-state index contributed by atoms with van der Waals surface area (Å²) in [4.78, 5) is 25.9. The number of hydrogen-bond donors (Lipinski definition) is 0. The van der Waals surface area contributed by atoms with E-state index in [1.165, 1.54) is 0 Å². The average molecular weight is 319 g/mol. The Morgan fingerprint density at radius 3 is 2.61 bits per heavy atom. The zero-order valence-electron chi connectivity index (χ0n) is 14.3. The third-order valence-corrected chi connectivity index (χ3v) is 4.36. The summed E-state index contributed by atoms with van der Waals surface area (Å²) in [6.07, 6.45) is 1.16. The van der Waals surface area contributed by atoms with Gasteiger partial charge in [0.15, 0.2) is 0 Å². The van der Waals surface area contributed by atoms with E-state index in [1.54, 1.807) is 11.8 Å². The van der Waals surface area contributed by atoms with Gasteiger partial charge in [-0.25, -0.2) is 4.79 Å². The van der Waals surface area contributed by atoms with Crippen LogP contribution >= 0.6 is 0 Å². The minimum Gasteiger partial charge on any atom is -0.450 e. The van der Waals surface area contributed by atoms with Crippen molar-refractivity contribution in [1.82, 2.24) is 4.90 Å². The summed E-state index contributed by atoms with van der Waals surface area (Å²) in [5, 5.41) is 0. The smallest absolute Gasteiger partial charge is 0.409 e.